The minimum absolute atomic E-state index is 0.282. The van der Waals surface area contributed by atoms with E-state index in [0.29, 0.717) is 37.2 Å². The maximum absolute atomic E-state index is 13.8. The molecule has 3 rings (SSSR count). The molecule has 0 saturated carbocycles. The van der Waals surface area contributed by atoms with E-state index in [9.17, 15) is 14.3 Å². The molecule has 3 N–H and O–H groups in total. The number of carbonyl (C=O) groups excluding carboxylic acids is 1. The van der Waals surface area contributed by atoms with Gasteiger partial charge in [0.15, 0.2) is 0 Å². The van der Waals surface area contributed by atoms with Crippen LogP contribution in [-0.2, 0) is 0 Å². The van der Waals surface area contributed by atoms with Gasteiger partial charge in [-0.25, -0.2) is 9.18 Å². The molecule has 1 aromatic carbocycles. The first-order valence-electron chi connectivity index (χ1n) is 8.73. The molecule has 0 spiro atoms. The highest BCUT2D eigenvalue weighted by Gasteiger charge is 2.22. The number of nitrogens with zero attached hydrogens (tertiary/aromatic N) is 2. The number of anilines is 2. The molecule has 1 aliphatic heterocycles. The molecule has 1 atom stereocenters. The molecule has 2 heterocycles. The molecule has 1 aromatic heterocycles. The first kappa shape index (κ1) is 18.1. The standard InChI is InChI=1S/C19H23FN4O2/c1-13(22-19(26)23-15-3-2-8-21-12-15)17-11-14(20)4-5-18(17)24-9-6-16(25)7-10-24/h2-5,8,11-13,16,25H,6-7,9-10H2,1H3,(H2,22,23,26)/t13-/m0/s1. The molecule has 0 radical (unpaired) electrons. The van der Waals surface area contributed by atoms with Crippen molar-refractivity contribution >= 4 is 17.4 Å². The lowest BCUT2D eigenvalue weighted by atomic mass is 10.0. The SMILES string of the molecule is C[C@H](NC(=O)Nc1cccnc1)c1cc(F)ccc1N1CCC(O)CC1. The molecule has 26 heavy (non-hydrogen) atoms. The van der Waals surface area contributed by atoms with Crippen LogP contribution < -0.4 is 15.5 Å². The highest BCUT2D eigenvalue weighted by atomic mass is 19.1. The summed E-state index contributed by atoms with van der Waals surface area (Å²) in [5.41, 5.74) is 2.18. The van der Waals surface area contributed by atoms with Crippen molar-refractivity contribution in [2.45, 2.75) is 31.9 Å². The molecule has 1 saturated heterocycles. The Hall–Kier alpha value is -2.67. The molecule has 1 aliphatic rings. The Morgan fingerprint density at radius 3 is 2.81 bits per heavy atom. The maximum atomic E-state index is 13.8. The third kappa shape index (κ3) is 4.49. The van der Waals surface area contributed by atoms with Gasteiger partial charge in [0.1, 0.15) is 5.82 Å². The molecule has 1 fully saturated rings. The van der Waals surface area contributed by atoms with E-state index in [1.165, 1.54) is 12.1 Å². The molecule has 138 valence electrons. The molecule has 2 amide bonds. The number of piperidine rings is 1. The van der Waals surface area contributed by atoms with Gasteiger partial charge in [-0.1, -0.05) is 0 Å². The number of amides is 2. The molecular weight excluding hydrogens is 335 g/mol. The monoisotopic (exact) mass is 358 g/mol. The number of hydrogen-bond acceptors (Lipinski definition) is 4. The van der Waals surface area contributed by atoms with Crippen LogP contribution in [0.25, 0.3) is 0 Å². The summed E-state index contributed by atoms with van der Waals surface area (Å²) in [4.78, 5) is 18.3. The Balaban J connectivity index is 1.72. The number of aliphatic hydroxyl groups is 1. The van der Waals surface area contributed by atoms with Gasteiger partial charge in [-0.15, -0.1) is 0 Å². The summed E-state index contributed by atoms with van der Waals surface area (Å²) >= 11 is 0. The number of carbonyl (C=O) groups is 1. The van der Waals surface area contributed by atoms with E-state index in [1.54, 1.807) is 30.6 Å². The van der Waals surface area contributed by atoms with E-state index in [4.69, 9.17) is 0 Å². The zero-order valence-corrected chi connectivity index (χ0v) is 14.7. The normalized spacial score (nSPS) is 16.2. The average Bonchev–Trinajstić information content (AvgIpc) is 2.63. The quantitative estimate of drug-likeness (QED) is 0.785. The van der Waals surface area contributed by atoms with E-state index >= 15 is 0 Å². The summed E-state index contributed by atoms with van der Waals surface area (Å²) in [5.74, 6) is -0.345. The van der Waals surface area contributed by atoms with Crippen molar-refractivity contribution in [1.82, 2.24) is 10.3 Å². The van der Waals surface area contributed by atoms with Gasteiger partial charge in [0.05, 0.1) is 24.0 Å². The Labute approximate surface area is 152 Å². The van der Waals surface area contributed by atoms with Crippen LogP contribution in [0.1, 0.15) is 31.4 Å². The number of hydrogen-bond donors (Lipinski definition) is 3. The fourth-order valence-electron chi connectivity index (χ4n) is 3.15. The lowest BCUT2D eigenvalue weighted by molar-refractivity contribution is 0.145. The third-order valence-corrected chi connectivity index (χ3v) is 4.53. The van der Waals surface area contributed by atoms with Gasteiger partial charge in [-0.05, 0) is 50.1 Å². The minimum Gasteiger partial charge on any atom is -0.393 e. The lowest BCUT2D eigenvalue weighted by Crippen LogP contribution is -2.37. The Bertz CT molecular complexity index is 748. The summed E-state index contributed by atoms with van der Waals surface area (Å²) in [5, 5.41) is 15.2. The third-order valence-electron chi connectivity index (χ3n) is 4.53. The van der Waals surface area contributed by atoms with Crippen molar-refractivity contribution in [2.75, 3.05) is 23.3 Å². The predicted octanol–water partition coefficient (Wildman–Crippen LogP) is 3.06. The number of halogens is 1. The van der Waals surface area contributed by atoms with Gasteiger partial charge < -0.3 is 20.6 Å². The first-order chi connectivity index (χ1) is 12.5. The van der Waals surface area contributed by atoms with Crippen molar-refractivity contribution in [3.63, 3.8) is 0 Å². The average molecular weight is 358 g/mol. The van der Waals surface area contributed by atoms with E-state index in [1.807, 2.05) is 6.92 Å². The summed E-state index contributed by atoms with van der Waals surface area (Å²) < 4.78 is 13.8. The Kier molecular flexibility index (Phi) is 5.68. The van der Waals surface area contributed by atoms with Crippen LogP contribution in [0, 0.1) is 5.82 Å². The number of benzene rings is 1. The second-order valence-electron chi connectivity index (χ2n) is 6.48. The second-order valence-corrected chi connectivity index (χ2v) is 6.48. The zero-order valence-electron chi connectivity index (χ0n) is 14.7. The summed E-state index contributed by atoms with van der Waals surface area (Å²) in [7, 11) is 0. The van der Waals surface area contributed by atoms with Gasteiger partial charge in [0, 0.05) is 30.5 Å². The van der Waals surface area contributed by atoms with Gasteiger partial charge in [0.25, 0.3) is 0 Å². The van der Waals surface area contributed by atoms with Gasteiger partial charge in [0.2, 0.25) is 0 Å². The minimum atomic E-state index is -0.385. The highest BCUT2D eigenvalue weighted by molar-refractivity contribution is 5.89. The number of aliphatic hydroxyl groups excluding tert-OH is 1. The van der Waals surface area contributed by atoms with Crippen LogP contribution in [0.4, 0.5) is 20.6 Å². The Morgan fingerprint density at radius 1 is 1.35 bits per heavy atom. The van der Waals surface area contributed by atoms with Crippen molar-refractivity contribution in [3.8, 4) is 0 Å². The van der Waals surface area contributed by atoms with E-state index in [0.717, 1.165) is 5.69 Å². The highest BCUT2D eigenvalue weighted by Crippen LogP contribution is 2.29. The van der Waals surface area contributed by atoms with Crippen molar-refractivity contribution in [1.29, 1.82) is 0 Å². The summed E-state index contributed by atoms with van der Waals surface area (Å²) in [6.07, 6.45) is 4.26. The topological polar surface area (TPSA) is 77.5 Å². The lowest BCUT2D eigenvalue weighted by Gasteiger charge is -2.34. The number of urea groups is 1. The fourth-order valence-corrected chi connectivity index (χ4v) is 3.15. The second kappa shape index (κ2) is 8.14. The smallest absolute Gasteiger partial charge is 0.319 e. The van der Waals surface area contributed by atoms with Crippen molar-refractivity contribution in [2.24, 2.45) is 0 Å². The van der Waals surface area contributed by atoms with Gasteiger partial charge in [-0.2, -0.15) is 0 Å². The van der Waals surface area contributed by atoms with Crippen LogP contribution >= 0.6 is 0 Å². The molecule has 7 heteroatoms. The number of nitrogens with one attached hydrogen (secondary N) is 2. The van der Waals surface area contributed by atoms with Crippen LogP contribution in [0.15, 0.2) is 42.7 Å². The van der Waals surface area contributed by atoms with Crippen LogP contribution in [-0.4, -0.2) is 35.3 Å². The van der Waals surface area contributed by atoms with Crippen LogP contribution in [0.3, 0.4) is 0 Å². The van der Waals surface area contributed by atoms with Crippen molar-refractivity contribution < 1.29 is 14.3 Å². The largest absolute Gasteiger partial charge is 0.393 e. The van der Waals surface area contributed by atoms with Gasteiger partial charge in [-0.3, -0.25) is 4.98 Å². The summed E-state index contributed by atoms with van der Waals surface area (Å²) in [6.45, 7) is 3.22. The predicted molar refractivity (Wildman–Crippen MR) is 98.7 cm³/mol. The van der Waals surface area contributed by atoms with Crippen molar-refractivity contribution in [3.05, 3.63) is 54.1 Å². The Morgan fingerprint density at radius 2 is 2.12 bits per heavy atom. The number of rotatable bonds is 4. The number of aromatic nitrogens is 1. The first-order valence-corrected chi connectivity index (χ1v) is 8.73. The fraction of sp³-hybridized carbons (Fsp3) is 0.368. The van der Waals surface area contributed by atoms with Crippen LogP contribution in [0.5, 0.6) is 0 Å². The zero-order chi connectivity index (χ0) is 18.5. The molecule has 0 unspecified atom stereocenters. The summed E-state index contributed by atoms with van der Waals surface area (Å²) in [6, 6.07) is 7.32. The van der Waals surface area contributed by atoms with Crippen LogP contribution in [0.2, 0.25) is 0 Å². The molecule has 0 bridgehead atoms. The number of pyridine rings is 1. The van der Waals surface area contributed by atoms with E-state index < -0.39 is 0 Å². The van der Waals surface area contributed by atoms with E-state index in [2.05, 4.69) is 20.5 Å². The molecule has 2 aromatic rings. The van der Waals surface area contributed by atoms with Gasteiger partial charge >= 0.3 is 6.03 Å². The maximum Gasteiger partial charge on any atom is 0.319 e. The van der Waals surface area contributed by atoms with E-state index in [-0.39, 0.29) is 24.0 Å². The molecule has 6 nitrogen and oxygen atoms in total. The molecule has 0 aliphatic carbocycles. The molecular formula is C19H23FN4O2.